The number of rotatable bonds is 27. The largest absolute Gasteiger partial charge is 0.508 e. The number of phenols is 1. The molecule has 25 heteroatoms. The highest BCUT2D eigenvalue weighted by Gasteiger charge is 2.42. The Balaban J connectivity index is 1.55. The molecular weight excluding hydrogens is 953 g/mol. The van der Waals surface area contributed by atoms with Crippen molar-refractivity contribution in [3.8, 4) is 5.75 Å². The molecule has 2 aliphatic rings. The predicted molar refractivity (Wildman–Crippen MR) is 262 cm³/mol. The number of benzene rings is 2. The number of hydrogen-bond donors (Lipinski definition) is 12. The van der Waals surface area contributed by atoms with Crippen molar-refractivity contribution in [2.45, 2.75) is 133 Å². The first-order valence-electron chi connectivity index (χ1n) is 24.0. The third-order valence-electron chi connectivity index (χ3n) is 12.3. The number of guanidine groups is 1. The molecule has 0 unspecified atom stereocenters. The summed E-state index contributed by atoms with van der Waals surface area (Å²) >= 11 is 0. The molecule has 0 saturated carbocycles. The molecule has 0 radical (unpaired) electrons. The van der Waals surface area contributed by atoms with Gasteiger partial charge in [-0.05, 0) is 74.1 Å². The van der Waals surface area contributed by atoms with Gasteiger partial charge in [-0.25, -0.2) is 0 Å². The highest BCUT2D eigenvalue weighted by molar-refractivity contribution is 5.99. The predicted octanol–water partition coefficient (Wildman–Crippen LogP) is -2.55. The van der Waals surface area contributed by atoms with Gasteiger partial charge in [-0.1, -0.05) is 56.3 Å². The van der Waals surface area contributed by atoms with Gasteiger partial charge in [0.15, 0.2) is 5.96 Å². The van der Waals surface area contributed by atoms with E-state index in [9.17, 15) is 63.3 Å². The summed E-state index contributed by atoms with van der Waals surface area (Å²) in [5.41, 5.74) is 23.8. The maximum Gasteiger partial charge on any atom is 0.305 e. The number of aliphatic carboxylic acids is 2. The van der Waals surface area contributed by atoms with Crippen molar-refractivity contribution < 1.29 is 63.3 Å². The average Bonchev–Trinajstić information content (AvgIpc) is 4.03. The zero-order valence-electron chi connectivity index (χ0n) is 40.9. The smallest absolute Gasteiger partial charge is 0.305 e. The van der Waals surface area contributed by atoms with Gasteiger partial charge in [0.05, 0.1) is 18.9 Å². The molecule has 2 saturated heterocycles. The molecule has 2 aromatic carbocycles. The van der Waals surface area contributed by atoms with E-state index in [2.05, 4.69) is 31.6 Å². The molecule has 398 valence electrons. The Hall–Kier alpha value is -7.83. The van der Waals surface area contributed by atoms with Crippen LogP contribution in [0.15, 0.2) is 59.6 Å². The Morgan fingerprint density at radius 3 is 1.62 bits per heavy atom. The van der Waals surface area contributed by atoms with Crippen LogP contribution in [0.3, 0.4) is 0 Å². The standard InChI is InChI=1S/C48H68N12O13/c1-26(2)21-30(49)46(72)59-19-7-12-36(59)45(71)57-34(25-39(64)65)42(68)56-33(24-38(62)63)43(69)58-35(23-27-9-4-3-5-10-27)47(73)60-20-8-13-37(60)44(70)54-31(11-6-18-53-48(51)52)41(67)55-32(40(50)66)22-28-14-16-29(61)17-15-28/h3-5,9-10,14-17,26,30-37,61H,6-8,11-13,18-25,49H2,1-2H3,(H2,50,66)(H,54,70)(H,55,67)(H,56,68)(H,57,71)(H,58,69)(H,62,63)(H,64,65)(H4,51,52,53)/t30-,31-,32-,33-,34-,35-,36-,37-/m0/s1. The lowest BCUT2D eigenvalue weighted by atomic mass is 10.0. The van der Waals surface area contributed by atoms with Crippen molar-refractivity contribution in [3.63, 3.8) is 0 Å². The summed E-state index contributed by atoms with van der Waals surface area (Å²) in [5.74, 6) is -10.3. The minimum Gasteiger partial charge on any atom is -0.508 e. The summed E-state index contributed by atoms with van der Waals surface area (Å²) in [4.78, 5) is 140. The van der Waals surface area contributed by atoms with Crippen LogP contribution in [-0.4, -0.2) is 158 Å². The molecule has 2 heterocycles. The number of nitrogens with one attached hydrogen (secondary N) is 5. The van der Waals surface area contributed by atoms with Crippen molar-refractivity contribution in [3.05, 3.63) is 65.7 Å². The molecule has 8 amide bonds. The molecule has 0 aromatic heterocycles. The lowest BCUT2D eigenvalue weighted by Crippen LogP contribution is -2.60. The fourth-order valence-electron chi connectivity index (χ4n) is 8.66. The Kier molecular flexibility index (Phi) is 21.9. The van der Waals surface area contributed by atoms with Crippen LogP contribution < -0.4 is 49.5 Å². The summed E-state index contributed by atoms with van der Waals surface area (Å²) in [6, 6.07) is 3.19. The molecule has 2 fully saturated rings. The van der Waals surface area contributed by atoms with Crippen LogP contribution in [0.4, 0.5) is 0 Å². The van der Waals surface area contributed by atoms with Crippen LogP contribution in [-0.2, 0) is 60.8 Å². The highest BCUT2D eigenvalue weighted by atomic mass is 16.4. The lowest BCUT2D eigenvalue weighted by Gasteiger charge is -2.31. The second-order valence-corrected chi connectivity index (χ2v) is 18.5. The van der Waals surface area contributed by atoms with Crippen LogP contribution in [0.5, 0.6) is 5.75 Å². The molecule has 73 heavy (non-hydrogen) atoms. The third kappa shape index (κ3) is 18.1. The van der Waals surface area contributed by atoms with E-state index in [4.69, 9.17) is 22.9 Å². The SMILES string of the molecule is CC(C)C[C@H](N)C(=O)N1CCC[C@H]1C(=O)N[C@@H](CC(=O)O)C(=O)N[C@@H](CC(=O)O)C(=O)N[C@@H](Cc1ccccc1)C(=O)N1CCC[C@H]1C(=O)N[C@@H](CCCN=C(N)N)C(=O)N[C@@H](Cc1ccc(O)cc1)C(N)=O. The van der Waals surface area contributed by atoms with Gasteiger partial charge in [0.25, 0.3) is 0 Å². The van der Waals surface area contributed by atoms with E-state index in [1.54, 1.807) is 30.3 Å². The molecule has 25 nitrogen and oxygen atoms in total. The summed E-state index contributed by atoms with van der Waals surface area (Å²) in [6.07, 6.45) is -0.787. The maximum absolute atomic E-state index is 14.6. The van der Waals surface area contributed by atoms with E-state index in [0.29, 0.717) is 30.4 Å². The number of amides is 8. The van der Waals surface area contributed by atoms with E-state index in [1.165, 1.54) is 34.1 Å². The van der Waals surface area contributed by atoms with Gasteiger partial charge < -0.3 is 74.6 Å². The van der Waals surface area contributed by atoms with Gasteiger partial charge in [0.1, 0.15) is 48.0 Å². The fourth-order valence-corrected chi connectivity index (χ4v) is 8.66. The van der Waals surface area contributed by atoms with Gasteiger partial charge in [-0.15, -0.1) is 0 Å². The van der Waals surface area contributed by atoms with Gasteiger partial charge >= 0.3 is 11.9 Å². The number of carboxylic acid groups (broad SMARTS) is 2. The van der Waals surface area contributed by atoms with Gasteiger partial charge in [-0.3, -0.25) is 52.9 Å². The molecule has 8 atom stereocenters. The zero-order chi connectivity index (χ0) is 53.9. The molecule has 16 N–H and O–H groups in total. The number of primary amides is 1. The number of carboxylic acids is 2. The van der Waals surface area contributed by atoms with Crippen molar-refractivity contribution in [1.29, 1.82) is 0 Å². The Morgan fingerprint density at radius 1 is 0.630 bits per heavy atom. The van der Waals surface area contributed by atoms with Crippen LogP contribution in [0.2, 0.25) is 0 Å². The van der Waals surface area contributed by atoms with E-state index in [1.807, 2.05) is 13.8 Å². The van der Waals surface area contributed by atoms with Crippen LogP contribution in [0, 0.1) is 5.92 Å². The molecule has 2 aliphatic heterocycles. The number of nitrogens with zero attached hydrogens (tertiary/aromatic N) is 3. The van der Waals surface area contributed by atoms with E-state index in [0.717, 1.165) is 0 Å². The number of aliphatic imine (C=N–C) groups is 1. The minimum absolute atomic E-state index is 0.00928. The first-order chi connectivity index (χ1) is 34.5. The first-order valence-corrected chi connectivity index (χ1v) is 24.0. The minimum atomic E-state index is -1.93. The normalized spacial score (nSPS) is 17.7. The maximum atomic E-state index is 14.6. The number of carbonyl (C=O) groups excluding carboxylic acids is 8. The number of carbonyl (C=O) groups is 10. The number of phenolic OH excluding ortho intramolecular Hbond substituents is 1. The van der Waals surface area contributed by atoms with Crippen LogP contribution in [0.1, 0.15) is 82.8 Å². The van der Waals surface area contributed by atoms with E-state index in [-0.39, 0.29) is 75.8 Å². The number of hydrogen-bond acceptors (Lipinski definition) is 13. The first kappa shape index (κ1) is 57.7. The Bertz CT molecular complexity index is 2330. The van der Waals surface area contributed by atoms with Gasteiger partial charge in [0.2, 0.25) is 47.3 Å². The molecule has 4 rings (SSSR count). The molecule has 0 bridgehead atoms. The summed E-state index contributed by atoms with van der Waals surface area (Å²) in [7, 11) is 0. The molecular formula is C48H68N12O13. The Morgan fingerprint density at radius 2 is 1.10 bits per heavy atom. The molecule has 0 aliphatic carbocycles. The summed E-state index contributed by atoms with van der Waals surface area (Å²) < 4.78 is 0. The highest BCUT2D eigenvalue weighted by Crippen LogP contribution is 2.22. The second-order valence-electron chi connectivity index (χ2n) is 18.5. The van der Waals surface area contributed by atoms with E-state index < -0.39 is 120 Å². The Labute approximate surface area is 421 Å². The number of likely N-dealkylation sites (tertiary alicyclic amines) is 2. The van der Waals surface area contributed by atoms with Crippen molar-refractivity contribution in [2.75, 3.05) is 19.6 Å². The van der Waals surface area contributed by atoms with Gasteiger partial charge in [0, 0.05) is 32.5 Å². The molecule has 2 aromatic rings. The van der Waals surface area contributed by atoms with Crippen molar-refractivity contribution in [1.82, 2.24) is 36.4 Å². The average molecular weight is 1020 g/mol. The van der Waals surface area contributed by atoms with Crippen LogP contribution in [0.25, 0.3) is 0 Å². The fraction of sp³-hybridized carbons (Fsp3) is 0.521. The third-order valence-corrected chi connectivity index (χ3v) is 12.3. The summed E-state index contributed by atoms with van der Waals surface area (Å²) in [5, 5.41) is 41.6. The molecule has 0 spiro atoms. The van der Waals surface area contributed by atoms with Crippen molar-refractivity contribution >= 4 is 65.2 Å². The lowest BCUT2D eigenvalue weighted by molar-refractivity contribution is -0.145. The quantitative estimate of drug-likeness (QED) is 0.0249. The number of aromatic hydroxyl groups is 1. The zero-order valence-corrected chi connectivity index (χ0v) is 40.9. The van der Waals surface area contributed by atoms with E-state index >= 15 is 0 Å². The topological polar surface area (TPSA) is 414 Å². The van der Waals surface area contributed by atoms with Gasteiger partial charge in [-0.2, -0.15) is 0 Å². The number of nitrogens with two attached hydrogens (primary N) is 4. The second kappa shape index (κ2) is 27.7. The monoisotopic (exact) mass is 1020 g/mol. The van der Waals surface area contributed by atoms with Crippen molar-refractivity contribution in [2.24, 2.45) is 33.8 Å². The van der Waals surface area contributed by atoms with Crippen LogP contribution >= 0.6 is 0 Å². The summed E-state index contributed by atoms with van der Waals surface area (Å²) in [6.45, 7) is 4.01.